The molecule has 4 N–H and O–H groups in total. The molecule has 1 atom stereocenters. The Hall–Kier alpha value is -4.00. The smallest absolute Gasteiger partial charge is 0.264 e. The van der Waals surface area contributed by atoms with Gasteiger partial charge in [-0.1, -0.05) is 108 Å². The minimum Gasteiger partial charge on any atom is -0.494 e. The summed E-state index contributed by atoms with van der Waals surface area (Å²) in [5.41, 5.74) is 19.3. The van der Waals surface area contributed by atoms with E-state index in [4.69, 9.17) is 15.7 Å². The molecular formula is C45H51NO7S2. The van der Waals surface area contributed by atoms with E-state index in [0.29, 0.717) is 31.7 Å². The van der Waals surface area contributed by atoms with E-state index in [9.17, 15) is 13.0 Å². The Kier molecular flexibility index (Phi) is 13.9. The standard InChI is InChI=1S/C45H51NO7S2/c1-32-9-12-35(13-10-32)38-28-39(30-40(29-38)51-24-6-5-23-46)36-16-14-34(15-17-36)37-18-20-42-41-19-11-33(2)27-43(41)45(44(42)31-37,21-3-7-25-54-53-52-47)22-4-8-26-55(48,49)50/h9-20,27-31,47H,3-8,21-26,46H2,1-2H3,(H,48,49,50). The molecule has 1 aliphatic rings. The fourth-order valence-corrected chi connectivity index (χ4v) is 8.86. The first-order chi connectivity index (χ1) is 26.6. The molecule has 0 fully saturated rings. The average Bonchev–Trinajstić information content (AvgIpc) is 3.44. The van der Waals surface area contributed by atoms with Crippen molar-refractivity contribution >= 4 is 22.2 Å². The van der Waals surface area contributed by atoms with Crippen molar-refractivity contribution < 1.29 is 32.3 Å². The Morgan fingerprint density at radius 1 is 0.636 bits per heavy atom. The first-order valence-corrected chi connectivity index (χ1v) is 21.6. The summed E-state index contributed by atoms with van der Waals surface area (Å²) in [6.07, 6.45) is 6.15. The molecule has 0 saturated carbocycles. The van der Waals surface area contributed by atoms with Gasteiger partial charge in [0, 0.05) is 23.2 Å². The van der Waals surface area contributed by atoms with Crippen molar-refractivity contribution in [2.45, 2.75) is 70.6 Å². The van der Waals surface area contributed by atoms with Gasteiger partial charge in [-0.15, -0.1) is 4.33 Å². The van der Waals surface area contributed by atoms with Crippen molar-refractivity contribution in [3.05, 3.63) is 125 Å². The predicted molar refractivity (Wildman–Crippen MR) is 224 cm³/mol. The topological polar surface area (TPSA) is 128 Å². The lowest BCUT2D eigenvalue weighted by Gasteiger charge is -2.33. The molecule has 0 aliphatic heterocycles. The van der Waals surface area contributed by atoms with Crippen molar-refractivity contribution in [1.82, 2.24) is 0 Å². The van der Waals surface area contributed by atoms with Crippen molar-refractivity contribution in [3.63, 3.8) is 0 Å². The summed E-state index contributed by atoms with van der Waals surface area (Å²) in [4.78, 5) is 0. The second kappa shape index (κ2) is 18.8. The van der Waals surface area contributed by atoms with Crippen LogP contribution >= 0.6 is 12.0 Å². The highest BCUT2D eigenvalue weighted by Gasteiger charge is 2.42. The number of rotatable bonds is 20. The van der Waals surface area contributed by atoms with Gasteiger partial charge < -0.3 is 10.5 Å². The van der Waals surface area contributed by atoms with Crippen LogP contribution in [0.1, 0.15) is 73.6 Å². The summed E-state index contributed by atoms with van der Waals surface area (Å²) in [6, 6.07) is 37.1. The van der Waals surface area contributed by atoms with E-state index in [1.807, 2.05) is 0 Å². The summed E-state index contributed by atoms with van der Waals surface area (Å²) in [6.45, 7) is 5.46. The summed E-state index contributed by atoms with van der Waals surface area (Å²) in [5, 5.41) is 12.3. The maximum atomic E-state index is 11.6. The molecule has 6 rings (SSSR count). The Labute approximate surface area is 329 Å². The van der Waals surface area contributed by atoms with Gasteiger partial charge in [0.15, 0.2) is 0 Å². The Morgan fingerprint density at radius 3 is 1.84 bits per heavy atom. The molecule has 8 nitrogen and oxygen atoms in total. The molecule has 55 heavy (non-hydrogen) atoms. The van der Waals surface area contributed by atoms with Gasteiger partial charge in [-0.3, -0.25) is 4.55 Å². The highest BCUT2D eigenvalue weighted by molar-refractivity contribution is 7.94. The van der Waals surface area contributed by atoms with E-state index in [1.165, 1.54) is 33.4 Å². The van der Waals surface area contributed by atoms with Gasteiger partial charge in [0.1, 0.15) is 5.75 Å². The lowest BCUT2D eigenvalue weighted by molar-refractivity contribution is -0.432. The quantitative estimate of drug-likeness (QED) is 0.0232. The lowest BCUT2D eigenvalue weighted by Crippen LogP contribution is -2.26. The van der Waals surface area contributed by atoms with E-state index >= 15 is 0 Å². The molecule has 0 bridgehead atoms. The van der Waals surface area contributed by atoms with Gasteiger partial charge in [0.2, 0.25) is 0 Å². The minimum atomic E-state index is -4.05. The van der Waals surface area contributed by atoms with Gasteiger partial charge in [-0.25, -0.2) is 5.26 Å². The first-order valence-electron chi connectivity index (χ1n) is 19.1. The van der Waals surface area contributed by atoms with Gasteiger partial charge in [0.25, 0.3) is 10.1 Å². The lowest BCUT2D eigenvalue weighted by atomic mass is 9.70. The molecule has 0 amide bonds. The summed E-state index contributed by atoms with van der Waals surface area (Å²) in [7, 11) is -4.05. The molecule has 0 saturated heterocycles. The highest BCUT2D eigenvalue weighted by atomic mass is 32.2. The van der Waals surface area contributed by atoms with Crippen LogP contribution in [0.25, 0.3) is 44.5 Å². The second-order valence-electron chi connectivity index (χ2n) is 14.6. The zero-order chi connectivity index (χ0) is 38.8. The molecule has 5 aromatic carbocycles. The number of hydrogen-bond donors (Lipinski definition) is 3. The van der Waals surface area contributed by atoms with E-state index in [-0.39, 0.29) is 11.2 Å². The Morgan fingerprint density at radius 2 is 1.20 bits per heavy atom. The van der Waals surface area contributed by atoms with Crippen LogP contribution in [-0.2, 0) is 24.9 Å². The van der Waals surface area contributed by atoms with Crippen molar-refractivity contribution in [2.24, 2.45) is 5.73 Å². The molecule has 0 spiro atoms. The van der Waals surface area contributed by atoms with E-state index in [2.05, 4.69) is 126 Å². The van der Waals surface area contributed by atoms with Crippen LogP contribution in [0.5, 0.6) is 5.75 Å². The third-order valence-electron chi connectivity index (χ3n) is 10.6. The monoisotopic (exact) mass is 781 g/mol. The van der Waals surface area contributed by atoms with E-state index in [0.717, 1.165) is 89.7 Å². The summed E-state index contributed by atoms with van der Waals surface area (Å²) >= 11 is 1.06. The second-order valence-corrected chi connectivity index (χ2v) is 16.9. The Bertz CT molecular complexity index is 2150. The van der Waals surface area contributed by atoms with E-state index < -0.39 is 10.1 Å². The van der Waals surface area contributed by atoms with Gasteiger partial charge >= 0.3 is 0 Å². The van der Waals surface area contributed by atoms with E-state index in [1.54, 1.807) is 0 Å². The van der Waals surface area contributed by atoms with Crippen LogP contribution in [-0.4, -0.2) is 42.9 Å². The van der Waals surface area contributed by atoms with Gasteiger partial charge in [-0.2, -0.15) is 8.42 Å². The van der Waals surface area contributed by atoms with Crippen molar-refractivity contribution in [2.75, 3.05) is 24.7 Å². The fraction of sp³-hybridized carbons (Fsp3) is 0.333. The molecule has 5 aromatic rings. The maximum Gasteiger partial charge on any atom is 0.264 e. The zero-order valence-corrected chi connectivity index (χ0v) is 33.3. The van der Waals surface area contributed by atoms with Crippen LogP contribution in [0.2, 0.25) is 0 Å². The first kappa shape index (κ1) is 40.7. The highest BCUT2D eigenvalue weighted by Crippen LogP contribution is 2.55. The average molecular weight is 782 g/mol. The largest absolute Gasteiger partial charge is 0.494 e. The number of ether oxygens (including phenoxy) is 1. The number of fused-ring (bicyclic) bond motifs is 3. The number of unbranched alkanes of at least 4 members (excludes halogenated alkanes) is 3. The fourth-order valence-electron chi connectivity index (χ4n) is 7.86. The van der Waals surface area contributed by atoms with Crippen LogP contribution in [0.15, 0.2) is 103 Å². The minimum absolute atomic E-state index is 0.256. The van der Waals surface area contributed by atoms with Gasteiger partial charge in [-0.05, 0) is 139 Å². The summed E-state index contributed by atoms with van der Waals surface area (Å²) < 4.78 is 43.6. The molecular weight excluding hydrogens is 731 g/mol. The molecule has 1 unspecified atom stereocenters. The Balaban J connectivity index is 1.34. The van der Waals surface area contributed by atoms with Crippen LogP contribution in [0.4, 0.5) is 0 Å². The van der Waals surface area contributed by atoms with Crippen LogP contribution in [0, 0.1) is 13.8 Å². The number of nitrogens with two attached hydrogens (primary N) is 1. The molecule has 0 radical (unpaired) electrons. The van der Waals surface area contributed by atoms with Gasteiger partial charge in [0.05, 0.1) is 12.4 Å². The summed E-state index contributed by atoms with van der Waals surface area (Å²) in [5.74, 6) is 1.23. The van der Waals surface area contributed by atoms with Crippen molar-refractivity contribution in [3.8, 4) is 50.3 Å². The predicted octanol–water partition coefficient (Wildman–Crippen LogP) is 11.0. The number of benzene rings is 5. The maximum absolute atomic E-state index is 11.6. The molecule has 290 valence electrons. The SMILES string of the molecule is Cc1ccc(-c2cc(OCCCCN)cc(-c3ccc(-c4ccc5c(c4)C(CCCCSOOO)(CCCCS(=O)(=O)O)c4cc(C)ccc4-5)cc3)c2)cc1. The molecule has 0 heterocycles. The number of aryl methyl sites for hydroxylation is 2. The molecule has 0 aromatic heterocycles. The number of hydrogen-bond acceptors (Lipinski definition) is 8. The van der Waals surface area contributed by atoms with Crippen LogP contribution < -0.4 is 10.5 Å². The normalized spacial score (nSPS) is 14.9. The third kappa shape index (κ3) is 10.3. The third-order valence-corrected chi connectivity index (χ3v) is 12.1. The molecule has 1 aliphatic carbocycles. The zero-order valence-electron chi connectivity index (χ0n) is 31.6. The molecule has 10 heteroatoms. The van der Waals surface area contributed by atoms with Crippen LogP contribution in [0.3, 0.4) is 0 Å². The van der Waals surface area contributed by atoms with Crippen molar-refractivity contribution in [1.29, 1.82) is 0 Å².